The van der Waals surface area contributed by atoms with Crippen LogP contribution in [0, 0.1) is 0 Å². The first-order chi connectivity index (χ1) is 11.7. The number of carbonyl (C=O) groups is 1. The lowest BCUT2D eigenvalue weighted by Gasteiger charge is -2.06. The molecule has 0 bridgehead atoms. The van der Waals surface area contributed by atoms with Gasteiger partial charge in [0.2, 0.25) is 0 Å². The topological polar surface area (TPSA) is 26.3 Å². The number of hydrogen-bond donors (Lipinski definition) is 0. The molecule has 0 aliphatic carbocycles. The highest BCUT2D eigenvalue weighted by Gasteiger charge is 2.08. The van der Waals surface area contributed by atoms with Crippen molar-refractivity contribution >= 4 is 12.0 Å². The zero-order chi connectivity index (χ0) is 17.2. The molecule has 0 unspecified atom stereocenters. The van der Waals surface area contributed by atoms with Crippen LogP contribution in [0.1, 0.15) is 61.0 Å². The summed E-state index contributed by atoms with van der Waals surface area (Å²) in [5.41, 5.74) is 2.95. The number of benzene rings is 2. The number of rotatable bonds is 8. The van der Waals surface area contributed by atoms with E-state index in [1.165, 1.54) is 18.4 Å². The molecule has 0 fully saturated rings. The van der Waals surface area contributed by atoms with Gasteiger partial charge in [0.25, 0.3) is 0 Å². The predicted molar refractivity (Wildman–Crippen MR) is 100 cm³/mol. The second-order valence-electron chi connectivity index (χ2n) is 5.95. The molecule has 0 spiro atoms. The predicted octanol–water partition coefficient (Wildman–Crippen LogP) is 6.06. The summed E-state index contributed by atoms with van der Waals surface area (Å²) < 4.78 is 5.44. The third-order valence-corrected chi connectivity index (χ3v) is 3.85. The molecule has 0 aliphatic heterocycles. The molecule has 0 heterocycles. The van der Waals surface area contributed by atoms with E-state index < -0.39 is 0 Å². The van der Waals surface area contributed by atoms with E-state index in [2.05, 4.69) is 26.0 Å². The van der Waals surface area contributed by atoms with Gasteiger partial charge in [-0.15, -0.1) is 0 Å². The maximum Gasteiger partial charge on any atom is 0.343 e. The lowest BCUT2D eigenvalue weighted by molar-refractivity contribution is 0.0735. The molecule has 0 saturated carbocycles. The third-order valence-electron chi connectivity index (χ3n) is 3.85. The summed E-state index contributed by atoms with van der Waals surface area (Å²) in [6.07, 6.45) is 9.94. The van der Waals surface area contributed by atoms with Gasteiger partial charge in [-0.1, -0.05) is 69.5 Å². The van der Waals surface area contributed by atoms with Crippen molar-refractivity contribution in [2.45, 2.75) is 46.0 Å². The molecule has 0 atom stereocenters. The standard InChI is InChI=1S/C22H26O2/c1-3-5-6-7-9-19-12-16-21(17-13-19)24-22(23)20-14-10-18(8-4-2)11-15-20/h7,9-17H,3-6,8H2,1-2H3/b9-7+. The molecule has 0 aliphatic rings. The molecule has 0 saturated heterocycles. The number of hydrogen-bond acceptors (Lipinski definition) is 2. The Hall–Kier alpha value is -2.35. The Morgan fingerprint density at radius 2 is 1.67 bits per heavy atom. The van der Waals surface area contributed by atoms with Crippen molar-refractivity contribution in [1.29, 1.82) is 0 Å². The number of aryl methyl sites for hydroxylation is 1. The van der Waals surface area contributed by atoms with Crippen molar-refractivity contribution in [3.63, 3.8) is 0 Å². The summed E-state index contributed by atoms with van der Waals surface area (Å²) in [7, 11) is 0. The van der Waals surface area contributed by atoms with Gasteiger partial charge in [-0.05, 0) is 48.2 Å². The molecular weight excluding hydrogens is 296 g/mol. The van der Waals surface area contributed by atoms with Crippen LogP contribution < -0.4 is 4.74 Å². The second-order valence-corrected chi connectivity index (χ2v) is 5.95. The first kappa shape index (κ1) is 18.0. The lowest BCUT2D eigenvalue weighted by atomic mass is 10.1. The number of esters is 1. The van der Waals surface area contributed by atoms with Crippen LogP contribution in [0.3, 0.4) is 0 Å². The van der Waals surface area contributed by atoms with E-state index >= 15 is 0 Å². The van der Waals surface area contributed by atoms with Gasteiger partial charge >= 0.3 is 5.97 Å². The minimum absolute atomic E-state index is 0.315. The summed E-state index contributed by atoms with van der Waals surface area (Å²) in [4.78, 5) is 12.2. The van der Waals surface area contributed by atoms with Crippen LogP contribution in [0.25, 0.3) is 6.08 Å². The van der Waals surface area contributed by atoms with Crippen LogP contribution in [-0.2, 0) is 6.42 Å². The fourth-order valence-electron chi connectivity index (χ4n) is 2.45. The summed E-state index contributed by atoms with van der Waals surface area (Å²) in [5.74, 6) is 0.257. The Kier molecular flexibility index (Phi) is 7.28. The normalized spacial score (nSPS) is 10.9. The maximum absolute atomic E-state index is 12.2. The van der Waals surface area contributed by atoms with Gasteiger partial charge in [-0.2, -0.15) is 0 Å². The zero-order valence-corrected chi connectivity index (χ0v) is 14.6. The van der Waals surface area contributed by atoms with Gasteiger partial charge in [0.05, 0.1) is 5.56 Å². The summed E-state index contributed by atoms with van der Waals surface area (Å²) in [5, 5.41) is 0. The number of allylic oxidation sites excluding steroid dienone is 1. The van der Waals surface area contributed by atoms with Crippen LogP contribution in [0.5, 0.6) is 5.75 Å². The molecule has 2 nitrogen and oxygen atoms in total. The third kappa shape index (κ3) is 5.69. The summed E-state index contributed by atoms with van der Waals surface area (Å²) in [6.45, 7) is 4.33. The summed E-state index contributed by atoms with van der Waals surface area (Å²) in [6, 6.07) is 15.3. The fourth-order valence-corrected chi connectivity index (χ4v) is 2.45. The molecule has 2 heteroatoms. The van der Waals surface area contributed by atoms with Crippen molar-refractivity contribution in [2.75, 3.05) is 0 Å². The molecule has 126 valence electrons. The highest BCUT2D eigenvalue weighted by atomic mass is 16.5. The number of unbranched alkanes of at least 4 members (excludes halogenated alkanes) is 2. The van der Waals surface area contributed by atoms with Crippen LogP contribution in [0.15, 0.2) is 54.6 Å². The monoisotopic (exact) mass is 322 g/mol. The maximum atomic E-state index is 12.2. The molecule has 2 aromatic carbocycles. The van der Waals surface area contributed by atoms with E-state index in [0.717, 1.165) is 24.8 Å². The van der Waals surface area contributed by atoms with Crippen LogP contribution in [0.4, 0.5) is 0 Å². The fraction of sp³-hybridized carbons (Fsp3) is 0.318. The molecular formula is C22H26O2. The van der Waals surface area contributed by atoms with Crippen LogP contribution >= 0.6 is 0 Å². The summed E-state index contributed by atoms with van der Waals surface area (Å²) >= 11 is 0. The molecule has 24 heavy (non-hydrogen) atoms. The first-order valence-electron chi connectivity index (χ1n) is 8.80. The minimum atomic E-state index is -0.315. The van der Waals surface area contributed by atoms with Crippen molar-refractivity contribution in [3.8, 4) is 5.75 Å². The molecule has 2 rings (SSSR count). The molecule has 0 aromatic heterocycles. The van der Waals surface area contributed by atoms with Gasteiger partial charge in [0.1, 0.15) is 5.75 Å². The second kappa shape index (κ2) is 9.71. The lowest BCUT2D eigenvalue weighted by Crippen LogP contribution is -2.08. The average Bonchev–Trinajstić information content (AvgIpc) is 2.61. The SMILES string of the molecule is CCCC/C=C/c1ccc(OC(=O)c2ccc(CCC)cc2)cc1. The van der Waals surface area contributed by atoms with Gasteiger partial charge in [0.15, 0.2) is 0 Å². The van der Waals surface area contributed by atoms with Gasteiger partial charge in [-0.25, -0.2) is 4.79 Å². The Balaban J connectivity index is 1.92. The van der Waals surface area contributed by atoms with Crippen LogP contribution in [0.2, 0.25) is 0 Å². The van der Waals surface area contributed by atoms with E-state index in [1.54, 1.807) is 0 Å². The Morgan fingerprint density at radius 1 is 0.958 bits per heavy atom. The Morgan fingerprint density at radius 3 is 2.29 bits per heavy atom. The van der Waals surface area contributed by atoms with Crippen molar-refractivity contribution < 1.29 is 9.53 Å². The van der Waals surface area contributed by atoms with E-state index in [-0.39, 0.29) is 5.97 Å². The molecule has 0 N–H and O–H groups in total. The highest BCUT2D eigenvalue weighted by molar-refractivity contribution is 5.91. The van der Waals surface area contributed by atoms with E-state index in [0.29, 0.717) is 11.3 Å². The quantitative estimate of drug-likeness (QED) is 0.335. The zero-order valence-electron chi connectivity index (χ0n) is 14.6. The van der Waals surface area contributed by atoms with Crippen LogP contribution in [-0.4, -0.2) is 5.97 Å². The highest BCUT2D eigenvalue weighted by Crippen LogP contribution is 2.16. The largest absolute Gasteiger partial charge is 0.423 e. The van der Waals surface area contributed by atoms with Gasteiger partial charge in [-0.3, -0.25) is 0 Å². The Labute approximate surface area is 145 Å². The minimum Gasteiger partial charge on any atom is -0.423 e. The van der Waals surface area contributed by atoms with Gasteiger partial charge < -0.3 is 4.74 Å². The first-order valence-corrected chi connectivity index (χ1v) is 8.80. The van der Waals surface area contributed by atoms with E-state index in [1.807, 2.05) is 48.5 Å². The molecule has 2 aromatic rings. The van der Waals surface area contributed by atoms with Crippen molar-refractivity contribution in [3.05, 3.63) is 71.3 Å². The molecule has 0 amide bonds. The van der Waals surface area contributed by atoms with E-state index in [9.17, 15) is 4.79 Å². The number of ether oxygens (including phenoxy) is 1. The Bertz CT molecular complexity index is 651. The number of carbonyl (C=O) groups excluding carboxylic acids is 1. The van der Waals surface area contributed by atoms with E-state index in [4.69, 9.17) is 4.74 Å². The smallest absolute Gasteiger partial charge is 0.343 e. The van der Waals surface area contributed by atoms with Crippen molar-refractivity contribution in [2.24, 2.45) is 0 Å². The molecule has 0 radical (unpaired) electrons. The van der Waals surface area contributed by atoms with Gasteiger partial charge in [0, 0.05) is 0 Å². The van der Waals surface area contributed by atoms with Crippen molar-refractivity contribution in [1.82, 2.24) is 0 Å². The average molecular weight is 322 g/mol.